The zero-order valence-electron chi connectivity index (χ0n) is 11.7. The highest BCUT2D eigenvalue weighted by atomic mass is 16.5. The smallest absolute Gasteiger partial charge is 0.119 e. The molecular formula is C17H25NO. The number of fused-ring (bicyclic) bond motifs is 1. The van der Waals surface area contributed by atoms with E-state index < -0.39 is 0 Å². The van der Waals surface area contributed by atoms with Crippen molar-refractivity contribution in [3.05, 3.63) is 29.3 Å². The van der Waals surface area contributed by atoms with Gasteiger partial charge >= 0.3 is 0 Å². The standard InChI is InChI=1S/C17H25NO/c18-17(14-5-2-1-3-6-14)12-19-16-10-9-13-7-4-8-15(13)11-16/h9-11,14,17H,1-8,12,18H2. The second-order valence-electron chi connectivity index (χ2n) is 6.16. The number of hydrogen-bond acceptors (Lipinski definition) is 2. The lowest BCUT2D eigenvalue weighted by molar-refractivity contribution is 0.214. The van der Waals surface area contributed by atoms with Crippen molar-refractivity contribution < 1.29 is 4.74 Å². The van der Waals surface area contributed by atoms with Gasteiger partial charge in [0.05, 0.1) is 0 Å². The summed E-state index contributed by atoms with van der Waals surface area (Å²) >= 11 is 0. The maximum absolute atomic E-state index is 6.28. The van der Waals surface area contributed by atoms with Crippen LogP contribution < -0.4 is 10.5 Å². The molecule has 0 heterocycles. The molecule has 0 aliphatic heterocycles. The molecule has 1 aromatic carbocycles. The normalized spacial score (nSPS) is 21.1. The van der Waals surface area contributed by atoms with Gasteiger partial charge in [-0.05, 0) is 61.3 Å². The fourth-order valence-electron chi connectivity index (χ4n) is 3.53. The molecule has 2 aliphatic carbocycles. The van der Waals surface area contributed by atoms with Crippen LogP contribution in [0.2, 0.25) is 0 Å². The van der Waals surface area contributed by atoms with Gasteiger partial charge in [0.15, 0.2) is 0 Å². The fourth-order valence-corrected chi connectivity index (χ4v) is 3.53. The van der Waals surface area contributed by atoms with Crippen molar-refractivity contribution >= 4 is 0 Å². The summed E-state index contributed by atoms with van der Waals surface area (Å²) in [6, 6.07) is 6.76. The quantitative estimate of drug-likeness (QED) is 0.898. The second-order valence-corrected chi connectivity index (χ2v) is 6.16. The van der Waals surface area contributed by atoms with Crippen LogP contribution in [0.1, 0.15) is 49.7 Å². The van der Waals surface area contributed by atoms with Gasteiger partial charge in [-0.1, -0.05) is 25.3 Å². The molecule has 0 spiro atoms. The van der Waals surface area contributed by atoms with E-state index in [1.165, 1.54) is 62.5 Å². The van der Waals surface area contributed by atoms with Crippen LogP contribution in [0.3, 0.4) is 0 Å². The summed E-state index contributed by atoms with van der Waals surface area (Å²) in [7, 11) is 0. The second kappa shape index (κ2) is 5.96. The van der Waals surface area contributed by atoms with Crippen molar-refractivity contribution in [3.8, 4) is 5.75 Å². The van der Waals surface area contributed by atoms with E-state index in [1.54, 1.807) is 0 Å². The van der Waals surface area contributed by atoms with Gasteiger partial charge in [0.25, 0.3) is 0 Å². The Morgan fingerprint density at radius 3 is 2.68 bits per heavy atom. The summed E-state index contributed by atoms with van der Waals surface area (Å²) in [5, 5.41) is 0. The zero-order valence-corrected chi connectivity index (χ0v) is 11.7. The largest absolute Gasteiger partial charge is 0.492 e. The molecule has 0 radical (unpaired) electrons. The van der Waals surface area contributed by atoms with Crippen molar-refractivity contribution in [1.29, 1.82) is 0 Å². The Kier molecular flexibility index (Phi) is 4.07. The van der Waals surface area contributed by atoms with Crippen LogP contribution >= 0.6 is 0 Å². The first-order chi connectivity index (χ1) is 9.33. The average molecular weight is 259 g/mol. The van der Waals surface area contributed by atoms with E-state index in [1.807, 2.05) is 0 Å². The van der Waals surface area contributed by atoms with Gasteiger partial charge in [-0.15, -0.1) is 0 Å². The molecule has 3 rings (SSSR count). The molecule has 0 amide bonds. The van der Waals surface area contributed by atoms with E-state index in [4.69, 9.17) is 10.5 Å². The molecule has 2 nitrogen and oxygen atoms in total. The minimum Gasteiger partial charge on any atom is -0.492 e. The van der Waals surface area contributed by atoms with E-state index in [0.29, 0.717) is 12.5 Å². The van der Waals surface area contributed by atoms with Crippen LogP contribution in [-0.4, -0.2) is 12.6 Å². The van der Waals surface area contributed by atoms with Crippen LogP contribution in [0.5, 0.6) is 5.75 Å². The molecule has 0 saturated heterocycles. The van der Waals surface area contributed by atoms with Crippen molar-refractivity contribution in [2.75, 3.05) is 6.61 Å². The molecular weight excluding hydrogens is 234 g/mol. The lowest BCUT2D eigenvalue weighted by Gasteiger charge is -2.27. The predicted molar refractivity (Wildman–Crippen MR) is 78.5 cm³/mol. The zero-order chi connectivity index (χ0) is 13.1. The maximum Gasteiger partial charge on any atom is 0.119 e. The van der Waals surface area contributed by atoms with Gasteiger partial charge in [-0.3, -0.25) is 0 Å². The Bertz CT molecular complexity index is 423. The first-order valence-corrected chi connectivity index (χ1v) is 7.83. The minimum atomic E-state index is 0.202. The Morgan fingerprint density at radius 1 is 1.05 bits per heavy atom. The summed E-state index contributed by atoms with van der Waals surface area (Å²) in [6.45, 7) is 0.670. The van der Waals surface area contributed by atoms with Crippen LogP contribution in [0.15, 0.2) is 18.2 Å². The molecule has 2 N–H and O–H groups in total. The minimum absolute atomic E-state index is 0.202. The molecule has 2 heteroatoms. The third kappa shape index (κ3) is 3.11. The SMILES string of the molecule is NC(COc1ccc2c(c1)CCC2)C1CCCCC1. The van der Waals surface area contributed by atoms with Gasteiger partial charge in [0, 0.05) is 6.04 Å². The third-order valence-electron chi connectivity index (χ3n) is 4.77. The number of benzene rings is 1. The van der Waals surface area contributed by atoms with Crippen LogP contribution in [0.25, 0.3) is 0 Å². The Hall–Kier alpha value is -1.02. The number of nitrogens with two attached hydrogens (primary N) is 1. The van der Waals surface area contributed by atoms with Crippen LogP contribution in [0, 0.1) is 5.92 Å². The monoisotopic (exact) mass is 259 g/mol. The molecule has 1 aromatic rings. The van der Waals surface area contributed by atoms with E-state index in [2.05, 4.69) is 18.2 Å². The lowest BCUT2D eigenvalue weighted by atomic mass is 9.84. The first kappa shape index (κ1) is 13.0. The fraction of sp³-hybridized carbons (Fsp3) is 0.647. The van der Waals surface area contributed by atoms with E-state index in [9.17, 15) is 0 Å². The molecule has 1 atom stereocenters. The highest BCUT2D eigenvalue weighted by molar-refractivity contribution is 5.38. The summed E-state index contributed by atoms with van der Waals surface area (Å²) in [6.07, 6.45) is 10.4. The molecule has 19 heavy (non-hydrogen) atoms. The van der Waals surface area contributed by atoms with Crippen LogP contribution in [0.4, 0.5) is 0 Å². The Labute approximate surface area is 116 Å². The van der Waals surface area contributed by atoms with Crippen molar-refractivity contribution in [2.24, 2.45) is 11.7 Å². The Morgan fingerprint density at radius 2 is 1.84 bits per heavy atom. The van der Waals surface area contributed by atoms with Gasteiger partial charge < -0.3 is 10.5 Å². The van der Waals surface area contributed by atoms with Crippen LogP contribution in [-0.2, 0) is 12.8 Å². The maximum atomic E-state index is 6.28. The number of aryl methyl sites for hydroxylation is 2. The summed E-state index contributed by atoms with van der Waals surface area (Å²) in [5.74, 6) is 1.68. The van der Waals surface area contributed by atoms with Gasteiger partial charge in [0.2, 0.25) is 0 Å². The van der Waals surface area contributed by atoms with Gasteiger partial charge in [-0.2, -0.15) is 0 Å². The molecule has 0 aromatic heterocycles. The topological polar surface area (TPSA) is 35.2 Å². The predicted octanol–water partition coefficient (Wildman–Crippen LogP) is 3.46. The van der Waals surface area contributed by atoms with Gasteiger partial charge in [-0.25, -0.2) is 0 Å². The third-order valence-corrected chi connectivity index (χ3v) is 4.77. The molecule has 1 unspecified atom stereocenters. The average Bonchev–Trinajstić information content (AvgIpc) is 2.93. The summed E-state index contributed by atoms with van der Waals surface area (Å²) in [4.78, 5) is 0. The van der Waals surface area contributed by atoms with Crippen molar-refractivity contribution in [1.82, 2.24) is 0 Å². The summed E-state index contributed by atoms with van der Waals surface area (Å²) < 4.78 is 5.92. The molecule has 1 fully saturated rings. The number of ether oxygens (including phenoxy) is 1. The summed E-state index contributed by atoms with van der Waals surface area (Å²) in [5.41, 5.74) is 9.26. The van der Waals surface area contributed by atoms with Crippen molar-refractivity contribution in [2.45, 2.75) is 57.4 Å². The molecule has 1 saturated carbocycles. The first-order valence-electron chi connectivity index (χ1n) is 7.83. The van der Waals surface area contributed by atoms with E-state index >= 15 is 0 Å². The number of rotatable bonds is 4. The van der Waals surface area contributed by atoms with Gasteiger partial charge in [0.1, 0.15) is 12.4 Å². The highest BCUT2D eigenvalue weighted by Crippen LogP contribution is 2.28. The lowest BCUT2D eigenvalue weighted by Crippen LogP contribution is -2.37. The van der Waals surface area contributed by atoms with Crippen molar-refractivity contribution in [3.63, 3.8) is 0 Å². The molecule has 104 valence electrons. The van der Waals surface area contributed by atoms with E-state index in [-0.39, 0.29) is 6.04 Å². The molecule has 0 bridgehead atoms. The molecule has 2 aliphatic rings. The number of hydrogen-bond donors (Lipinski definition) is 1. The Balaban J connectivity index is 1.53. The highest BCUT2D eigenvalue weighted by Gasteiger charge is 2.21. The van der Waals surface area contributed by atoms with E-state index in [0.717, 1.165) is 5.75 Å².